The molecule has 1 amide bonds. The molecule has 2 aliphatic rings. The molecule has 0 bridgehead atoms. The van der Waals surface area contributed by atoms with E-state index < -0.39 is 5.41 Å². The van der Waals surface area contributed by atoms with Crippen molar-refractivity contribution in [1.82, 2.24) is 9.97 Å². The summed E-state index contributed by atoms with van der Waals surface area (Å²) in [7, 11) is 0. The lowest BCUT2D eigenvalue weighted by atomic mass is 9.84. The van der Waals surface area contributed by atoms with Gasteiger partial charge in [-0.2, -0.15) is 0 Å². The van der Waals surface area contributed by atoms with Gasteiger partial charge >= 0.3 is 0 Å². The Bertz CT molecular complexity index is 784. The van der Waals surface area contributed by atoms with Crippen molar-refractivity contribution in [1.29, 1.82) is 0 Å². The van der Waals surface area contributed by atoms with Gasteiger partial charge in [0.05, 0.1) is 11.6 Å². The Hall–Kier alpha value is -2.50. The van der Waals surface area contributed by atoms with Crippen LogP contribution in [0.25, 0.3) is 0 Å². The van der Waals surface area contributed by atoms with Crippen LogP contribution in [-0.2, 0) is 10.2 Å². The van der Waals surface area contributed by atoms with Crippen molar-refractivity contribution >= 4 is 17.5 Å². The molecule has 1 fully saturated rings. The smallest absolute Gasteiger partial charge is 0.238 e. The first-order chi connectivity index (χ1) is 11.5. The van der Waals surface area contributed by atoms with Gasteiger partial charge in [0.15, 0.2) is 0 Å². The summed E-state index contributed by atoms with van der Waals surface area (Å²) in [6.07, 6.45) is 4.59. The van der Waals surface area contributed by atoms with Crippen LogP contribution < -0.4 is 10.2 Å². The molecule has 124 valence electrons. The van der Waals surface area contributed by atoms with Gasteiger partial charge in [-0.15, -0.1) is 0 Å². The van der Waals surface area contributed by atoms with Crippen LogP contribution in [0.3, 0.4) is 0 Å². The van der Waals surface area contributed by atoms with Crippen LogP contribution in [0.15, 0.2) is 36.7 Å². The maximum absolute atomic E-state index is 12.9. The van der Waals surface area contributed by atoms with E-state index in [1.165, 1.54) is 12.3 Å². The zero-order valence-electron chi connectivity index (χ0n) is 13.7. The average molecular weight is 326 g/mol. The van der Waals surface area contributed by atoms with Gasteiger partial charge in [0.1, 0.15) is 17.5 Å². The van der Waals surface area contributed by atoms with Crippen LogP contribution in [0.5, 0.6) is 0 Å². The van der Waals surface area contributed by atoms with Gasteiger partial charge in [0.25, 0.3) is 0 Å². The second-order valence-corrected chi connectivity index (χ2v) is 7.00. The van der Waals surface area contributed by atoms with E-state index in [0.29, 0.717) is 5.82 Å². The number of fused-ring (bicyclic) bond motifs is 1. The highest BCUT2D eigenvalue weighted by Gasteiger charge is 2.50. The molecular formula is C18H19FN4O. The van der Waals surface area contributed by atoms with E-state index in [4.69, 9.17) is 0 Å². The van der Waals surface area contributed by atoms with Gasteiger partial charge in [0, 0.05) is 23.8 Å². The first-order valence-electron chi connectivity index (χ1n) is 8.14. The Kier molecular flexibility index (Phi) is 3.30. The third-order valence-electron chi connectivity index (χ3n) is 5.00. The predicted molar refractivity (Wildman–Crippen MR) is 89.4 cm³/mol. The third-order valence-corrected chi connectivity index (χ3v) is 5.00. The van der Waals surface area contributed by atoms with Crippen molar-refractivity contribution in [2.45, 2.75) is 44.2 Å². The van der Waals surface area contributed by atoms with Gasteiger partial charge in [0.2, 0.25) is 5.91 Å². The summed E-state index contributed by atoms with van der Waals surface area (Å²) in [5.41, 5.74) is 0.465. The number of hydrogen-bond acceptors (Lipinski definition) is 4. The van der Waals surface area contributed by atoms with Gasteiger partial charge < -0.3 is 5.32 Å². The fourth-order valence-corrected chi connectivity index (χ4v) is 3.51. The number of anilines is 2. The SMILES string of the molecule is CC1(C)C(=O)N(C2CC(Nc3ccc(F)cn3)C2)c2ncccc21. The average Bonchev–Trinajstić information content (AvgIpc) is 2.73. The summed E-state index contributed by atoms with van der Waals surface area (Å²) in [5.74, 6) is 1.21. The summed E-state index contributed by atoms with van der Waals surface area (Å²) < 4.78 is 12.9. The number of nitrogens with one attached hydrogen (secondary N) is 1. The Morgan fingerprint density at radius 3 is 2.75 bits per heavy atom. The van der Waals surface area contributed by atoms with Gasteiger partial charge in [-0.25, -0.2) is 14.4 Å². The van der Waals surface area contributed by atoms with E-state index in [1.54, 1.807) is 12.3 Å². The second-order valence-electron chi connectivity index (χ2n) is 7.00. The molecule has 0 saturated heterocycles. The largest absolute Gasteiger partial charge is 0.367 e. The summed E-state index contributed by atoms with van der Waals surface area (Å²) in [4.78, 5) is 23.1. The molecule has 2 aromatic rings. The van der Waals surface area contributed by atoms with Crippen molar-refractivity contribution in [3.8, 4) is 0 Å². The zero-order chi connectivity index (χ0) is 16.9. The van der Waals surface area contributed by atoms with Crippen molar-refractivity contribution in [3.05, 3.63) is 48.0 Å². The van der Waals surface area contributed by atoms with Gasteiger partial charge in [-0.05, 0) is 44.9 Å². The molecule has 1 N–H and O–H groups in total. The first kappa shape index (κ1) is 15.1. The van der Waals surface area contributed by atoms with Crippen LogP contribution in [0.4, 0.5) is 16.0 Å². The number of hydrogen-bond donors (Lipinski definition) is 1. The molecule has 0 radical (unpaired) electrons. The minimum atomic E-state index is -0.527. The number of halogens is 1. The minimum absolute atomic E-state index is 0.111. The molecule has 1 aliphatic heterocycles. The molecule has 3 heterocycles. The van der Waals surface area contributed by atoms with Crippen molar-refractivity contribution in [2.75, 3.05) is 10.2 Å². The Labute approximate surface area is 139 Å². The van der Waals surface area contributed by atoms with E-state index in [0.717, 1.165) is 24.2 Å². The molecule has 0 atom stereocenters. The molecule has 4 rings (SSSR count). The third kappa shape index (κ3) is 2.25. The van der Waals surface area contributed by atoms with Crippen LogP contribution >= 0.6 is 0 Å². The first-order valence-corrected chi connectivity index (χ1v) is 8.14. The second kappa shape index (κ2) is 5.26. The Morgan fingerprint density at radius 1 is 1.25 bits per heavy atom. The Morgan fingerprint density at radius 2 is 2.04 bits per heavy atom. The molecule has 1 aliphatic carbocycles. The Balaban J connectivity index is 1.47. The fourth-order valence-electron chi connectivity index (χ4n) is 3.51. The number of carbonyl (C=O) groups excluding carboxylic acids is 1. The number of pyridine rings is 2. The van der Waals surface area contributed by atoms with Crippen LogP contribution in [0.1, 0.15) is 32.3 Å². The van der Waals surface area contributed by atoms with Gasteiger partial charge in [-0.1, -0.05) is 6.07 Å². The van der Waals surface area contributed by atoms with Crippen molar-refractivity contribution < 1.29 is 9.18 Å². The van der Waals surface area contributed by atoms with E-state index in [9.17, 15) is 9.18 Å². The molecule has 0 aromatic carbocycles. The number of aromatic nitrogens is 2. The van der Waals surface area contributed by atoms with E-state index in [1.807, 2.05) is 30.9 Å². The number of rotatable bonds is 3. The molecule has 0 unspecified atom stereocenters. The van der Waals surface area contributed by atoms with Crippen LogP contribution in [-0.4, -0.2) is 28.0 Å². The summed E-state index contributed by atoms with van der Waals surface area (Å²) in [5, 5.41) is 3.28. The van der Waals surface area contributed by atoms with Crippen molar-refractivity contribution in [2.24, 2.45) is 0 Å². The quantitative estimate of drug-likeness (QED) is 0.942. The molecule has 0 spiro atoms. The summed E-state index contributed by atoms with van der Waals surface area (Å²) in [6, 6.07) is 7.25. The highest BCUT2D eigenvalue weighted by atomic mass is 19.1. The lowest BCUT2D eigenvalue weighted by Crippen LogP contribution is -2.53. The monoisotopic (exact) mass is 326 g/mol. The van der Waals surface area contributed by atoms with E-state index in [-0.39, 0.29) is 23.8 Å². The molecule has 5 nitrogen and oxygen atoms in total. The lowest BCUT2D eigenvalue weighted by Gasteiger charge is -2.41. The van der Waals surface area contributed by atoms with Crippen molar-refractivity contribution in [3.63, 3.8) is 0 Å². The summed E-state index contributed by atoms with van der Waals surface area (Å²) >= 11 is 0. The van der Waals surface area contributed by atoms with E-state index >= 15 is 0 Å². The fraction of sp³-hybridized carbons (Fsp3) is 0.389. The predicted octanol–water partition coefficient (Wildman–Crippen LogP) is 2.88. The number of amides is 1. The standard InChI is InChI=1S/C18H19FN4O/c1-18(2)14-4-3-7-20-16(14)23(17(18)24)13-8-12(9-13)22-15-6-5-11(19)10-21-15/h3-7,10,12-13H,8-9H2,1-2H3,(H,21,22). The highest BCUT2D eigenvalue weighted by Crippen LogP contribution is 2.44. The lowest BCUT2D eigenvalue weighted by molar-refractivity contribution is -0.122. The number of carbonyl (C=O) groups is 1. The molecule has 2 aromatic heterocycles. The minimum Gasteiger partial charge on any atom is -0.367 e. The molecule has 24 heavy (non-hydrogen) atoms. The van der Waals surface area contributed by atoms with Crippen LogP contribution in [0.2, 0.25) is 0 Å². The van der Waals surface area contributed by atoms with Crippen LogP contribution in [0, 0.1) is 5.82 Å². The highest BCUT2D eigenvalue weighted by molar-refractivity contribution is 6.07. The van der Waals surface area contributed by atoms with Gasteiger partial charge in [-0.3, -0.25) is 9.69 Å². The summed E-state index contributed by atoms with van der Waals surface area (Å²) in [6.45, 7) is 3.90. The maximum Gasteiger partial charge on any atom is 0.238 e. The zero-order valence-corrected chi connectivity index (χ0v) is 13.7. The maximum atomic E-state index is 12.9. The van der Waals surface area contributed by atoms with E-state index in [2.05, 4.69) is 15.3 Å². The number of nitrogens with zero attached hydrogens (tertiary/aromatic N) is 3. The molecule has 6 heteroatoms. The normalized spacial score (nSPS) is 24.5. The molecule has 1 saturated carbocycles. The molecular weight excluding hydrogens is 307 g/mol. The topological polar surface area (TPSA) is 58.1 Å².